The van der Waals surface area contributed by atoms with Gasteiger partial charge in [-0.05, 0) is 25.0 Å². The molecule has 4 heterocycles. The second kappa shape index (κ2) is 8.36. The van der Waals surface area contributed by atoms with E-state index in [4.69, 9.17) is 10.5 Å². The summed E-state index contributed by atoms with van der Waals surface area (Å²) in [5.41, 5.74) is 6.78. The van der Waals surface area contributed by atoms with E-state index in [-0.39, 0.29) is 28.8 Å². The van der Waals surface area contributed by atoms with Crippen molar-refractivity contribution in [2.24, 2.45) is 5.73 Å². The molecule has 2 N–H and O–H groups in total. The highest BCUT2D eigenvalue weighted by Gasteiger charge is 2.40. The van der Waals surface area contributed by atoms with Crippen LogP contribution in [0.15, 0.2) is 24.3 Å². The van der Waals surface area contributed by atoms with Crippen LogP contribution in [0.4, 0.5) is 33.5 Å². The first-order valence-electron chi connectivity index (χ1n) is 10.9. The number of benzene rings is 1. The molecule has 0 radical (unpaired) electrons. The number of piperidine rings is 1. The third kappa shape index (κ3) is 4.61. The number of fused-ring (bicyclic) bond motifs is 3. The van der Waals surface area contributed by atoms with Crippen LogP contribution < -0.4 is 25.0 Å². The van der Waals surface area contributed by atoms with Gasteiger partial charge in [0.05, 0.1) is 6.54 Å². The fourth-order valence-electron chi connectivity index (χ4n) is 4.42. The van der Waals surface area contributed by atoms with Crippen LogP contribution in [0.25, 0.3) is 17.0 Å². The number of hydrogen-bond donors (Lipinski definition) is 1. The van der Waals surface area contributed by atoms with Crippen molar-refractivity contribution in [1.29, 1.82) is 0 Å². The van der Waals surface area contributed by atoms with Crippen molar-refractivity contribution in [1.82, 2.24) is 19.8 Å². The van der Waals surface area contributed by atoms with Gasteiger partial charge in [-0.2, -0.15) is 4.52 Å². The molecule has 0 bridgehead atoms. The summed E-state index contributed by atoms with van der Waals surface area (Å²) in [5.74, 6) is -3.06. The van der Waals surface area contributed by atoms with Crippen LogP contribution in [0.1, 0.15) is 12.8 Å². The molecule has 0 saturated carbocycles. The number of nitrogens with two attached hydrogens (primary N) is 1. The van der Waals surface area contributed by atoms with Gasteiger partial charge in [-0.25, -0.2) is 8.78 Å². The second-order valence-electron chi connectivity index (χ2n) is 8.69. The first kappa shape index (κ1) is 23.3. The lowest BCUT2D eigenvalue weighted by Crippen LogP contribution is -2.44. The molecule has 0 aliphatic carbocycles. The highest BCUT2D eigenvalue weighted by atomic mass is 19.4. The summed E-state index contributed by atoms with van der Waals surface area (Å²) in [6.07, 6.45) is -3.28. The SMILES string of the molecule is CN1CC(F)(F)COc2c1c(N1CCC[C@H](N)C1)nn1c(-c3cccc(OC(F)(F)F)c3)nnc21. The van der Waals surface area contributed by atoms with Gasteiger partial charge in [0.25, 0.3) is 5.92 Å². The number of aromatic nitrogens is 4. The molecule has 1 saturated heterocycles. The zero-order valence-corrected chi connectivity index (χ0v) is 18.6. The normalized spacial score (nSPS) is 20.4. The van der Waals surface area contributed by atoms with E-state index in [9.17, 15) is 22.0 Å². The summed E-state index contributed by atoms with van der Waals surface area (Å²) >= 11 is 0. The Morgan fingerprint density at radius 3 is 2.77 bits per heavy atom. The van der Waals surface area contributed by atoms with E-state index in [0.29, 0.717) is 24.6 Å². The van der Waals surface area contributed by atoms with Crippen molar-refractivity contribution >= 4 is 17.2 Å². The maximum absolute atomic E-state index is 14.4. The van der Waals surface area contributed by atoms with Gasteiger partial charge >= 0.3 is 6.36 Å². The molecule has 9 nitrogen and oxygen atoms in total. The van der Waals surface area contributed by atoms with Crippen molar-refractivity contribution in [3.8, 4) is 22.9 Å². The van der Waals surface area contributed by atoms with Crippen LogP contribution in [0.5, 0.6) is 11.5 Å². The monoisotopic (exact) mass is 499 g/mol. The van der Waals surface area contributed by atoms with E-state index in [2.05, 4.69) is 20.0 Å². The summed E-state index contributed by atoms with van der Waals surface area (Å²) in [6, 6.07) is 5.06. The van der Waals surface area contributed by atoms with Gasteiger partial charge in [0, 0.05) is 31.7 Å². The molecule has 0 amide bonds. The smallest absolute Gasteiger partial charge is 0.481 e. The minimum absolute atomic E-state index is 0.0618. The van der Waals surface area contributed by atoms with Gasteiger partial charge in [-0.1, -0.05) is 12.1 Å². The molecule has 1 aromatic carbocycles. The maximum atomic E-state index is 14.4. The molecule has 0 unspecified atom stereocenters. The van der Waals surface area contributed by atoms with Gasteiger partial charge in [0.15, 0.2) is 24.0 Å². The topological polar surface area (TPSA) is 94.0 Å². The average molecular weight is 499 g/mol. The van der Waals surface area contributed by atoms with E-state index in [0.717, 1.165) is 25.0 Å². The molecule has 2 aromatic heterocycles. The van der Waals surface area contributed by atoms with Crippen molar-refractivity contribution < 1.29 is 31.4 Å². The predicted molar refractivity (Wildman–Crippen MR) is 116 cm³/mol. The molecule has 0 spiro atoms. The van der Waals surface area contributed by atoms with Gasteiger partial charge in [0.2, 0.25) is 5.65 Å². The maximum Gasteiger partial charge on any atom is 0.573 e. The van der Waals surface area contributed by atoms with Crippen LogP contribution in [-0.4, -0.2) is 71.4 Å². The molecule has 188 valence electrons. The number of halogens is 5. The Kier molecular flexibility index (Phi) is 5.57. The van der Waals surface area contributed by atoms with Gasteiger partial charge in [-0.3, -0.25) is 0 Å². The molecule has 2 aliphatic heterocycles. The summed E-state index contributed by atoms with van der Waals surface area (Å²) in [4.78, 5) is 3.26. The average Bonchev–Trinajstić information content (AvgIpc) is 3.14. The summed E-state index contributed by atoms with van der Waals surface area (Å²) in [5, 5.41) is 12.8. The number of anilines is 2. The molecular formula is C21H22F5N7O2. The lowest BCUT2D eigenvalue weighted by atomic mass is 10.1. The molecule has 14 heteroatoms. The first-order valence-corrected chi connectivity index (χ1v) is 10.9. The number of hydrogen-bond acceptors (Lipinski definition) is 8. The van der Waals surface area contributed by atoms with Crippen molar-refractivity contribution in [2.45, 2.75) is 31.2 Å². The van der Waals surface area contributed by atoms with E-state index in [1.165, 1.54) is 28.6 Å². The molecule has 1 fully saturated rings. The summed E-state index contributed by atoms with van der Waals surface area (Å²) in [7, 11) is 1.52. The first-order chi connectivity index (χ1) is 16.5. The fourth-order valence-corrected chi connectivity index (χ4v) is 4.42. The summed E-state index contributed by atoms with van der Waals surface area (Å²) in [6.45, 7) is -0.431. The van der Waals surface area contributed by atoms with Gasteiger partial charge < -0.3 is 25.0 Å². The van der Waals surface area contributed by atoms with Crippen LogP contribution >= 0.6 is 0 Å². The van der Waals surface area contributed by atoms with Crippen molar-refractivity contribution in [3.05, 3.63) is 24.3 Å². The Labute approximate surface area is 196 Å². The number of ether oxygens (including phenoxy) is 2. The van der Waals surface area contributed by atoms with Gasteiger partial charge in [-0.15, -0.1) is 28.5 Å². The van der Waals surface area contributed by atoms with Crippen LogP contribution in [0.3, 0.4) is 0 Å². The van der Waals surface area contributed by atoms with E-state index < -0.39 is 31.2 Å². The van der Waals surface area contributed by atoms with Crippen LogP contribution in [-0.2, 0) is 0 Å². The number of rotatable bonds is 3. The zero-order valence-electron chi connectivity index (χ0n) is 18.6. The van der Waals surface area contributed by atoms with Crippen LogP contribution in [0.2, 0.25) is 0 Å². The van der Waals surface area contributed by atoms with Crippen molar-refractivity contribution in [2.75, 3.05) is 43.1 Å². The van der Waals surface area contributed by atoms with E-state index in [1.54, 1.807) is 0 Å². The Morgan fingerprint density at radius 2 is 2.03 bits per heavy atom. The van der Waals surface area contributed by atoms with Crippen molar-refractivity contribution in [3.63, 3.8) is 0 Å². The molecule has 35 heavy (non-hydrogen) atoms. The Bertz CT molecular complexity index is 1250. The van der Waals surface area contributed by atoms with Gasteiger partial charge in [0.1, 0.15) is 11.4 Å². The Balaban J connectivity index is 1.68. The minimum atomic E-state index is -4.87. The highest BCUT2D eigenvalue weighted by molar-refractivity contribution is 5.82. The third-order valence-electron chi connectivity index (χ3n) is 5.83. The molecular weight excluding hydrogens is 477 g/mol. The largest absolute Gasteiger partial charge is 0.573 e. The highest BCUT2D eigenvalue weighted by Crippen LogP contribution is 2.43. The third-order valence-corrected chi connectivity index (χ3v) is 5.83. The van der Waals surface area contributed by atoms with E-state index >= 15 is 0 Å². The fraction of sp³-hybridized carbons (Fsp3) is 0.476. The van der Waals surface area contributed by atoms with E-state index in [1.807, 2.05) is 4.90 Å². The van der Waals surface area contributed by atoms with Crippen LogP contribution in [0, 0.1) is 0 Å². The Hall–Kier alpha value is -3.42. The number of alkyl halides is 5. The standard InChI is InChI=1S/C21H22F5N7O2/c1-31-10-20(22,23)11-34-16-15(31)18(32-7-3-5-13(27)9-32)30-33-17(28-29-19(16)33)12-4-2-6-14(8-12)35-21(24,25)26/h2,4,6,8,13H,3,5,7,9-11,27H2,1H3/t13-/m0/s1. The molecule has 3 aromatic rings. The summed E-state index contributed by atoms with van der Waals surface area (Å²) < 4.78 is 77.8. The molecule has 5 rings (SSSR count). The molecule has 2 aliphatic rings. The quantitative estimate of drug-likeness (QED) is 0.550. The Morgan fingerprint density at radius 1 is 1.23 bits per heavy atom. The minimum Gasteiger partial charge on any atom is -0.481 e. The lowest BCUT2D eigenvalue weighted by molar-refractivity contribution is -0.274. The predicted octanol–water partition coefficient (Wildman–Crippen LogP) is 3.08. The second-order valence-corrected chi connectivity index (χ2v) is 8.69. The lowest BCUT2D eigenvalue weighted by Gasteiger charge is -2.34. The molecule has 1 atom stereocenters. The zero-order chi connectivity index (χ0) is 25.0. The number of nitrogens with zero attached hydrogens (tertiary/aromatic N) is 6.